The van der Waals surface area contributed by atoms with Crippen LogP contribution < -0.4 is 5.56 Å². The minimum atomic E-state index is -0.216. The highest BCUT2D eigenvalue weighted by atomic mass is 16.2. The van der Waals surface area contributed by atoms with E-state index in [0.717, 1.165) is 18.5 Å². The number of likely N-dealkylation sites (tertiary alicyclic amines) is 1. The van der Waals surface area contributed by atoms with Gasteiger partial charge in [0.1, 0.15) is 5.56 Å². The minimum Gasteiger partial charge on any atom is -0.337 e. The highest BCUT2D eigenvalue weighted by Crippen LogP contribution is 2.59. The third-order valence-electron chi connectivity index (χ3n) is 6.51. The molecule has 1 aromatic heterocycles. The maximum Gasteiger partial charge on any atom is 0.263 e. The first kappa shape index (κ1) is 17.9. The number of hydrogen-bond donors (Lipinski definition) is 0. The zero-order valence-corrected chi connectivity index (χ0v) is 16.5. The number of amides is 1. The maximum absolute atomic E-state index is 13.2. The van der Waals surface area contributed by atoms with Crippen LogP contribution in [0, 0.1) is 12.8 Å². The standard InChI is InChI=1S/C25H24N2O2/c1-18-9-11-20(12-10-18)25-14-21(25)16-27(17-25)24(29)22-8-5-13-26(23(22)28)15-19-6-3-2-4-7-19/h2-13,21H,14-17H2,1H3/t21-,25+/m0/s1. The molecule has 1 saturated carbocycles. The Morgan fingerprint density at radius 2 is 1.79 bits per heavy atom. The third kappa shape index (κ3) is 3.09. The van der Waals surface area contributed by atoms with Gasteiger partial charge in [0, 0.05) is 24.7 Å². The van der Waals surface area contributed by atoms with Gasteiger partial charge in [0.25, 0.3) is 11.5 Å². The Morgan fingerprint density at radius 1 is 1.03 bits per heavy atom. The van der Waals surface area contributed by atoms with Crippen LogP contribution in [0.25, 0.3) is 0 Å². The molecule has 1 amide bonds. The van der Waals surface area contributed by atoms with Crippen molar-refractivity contribution in [3.05, 3.63) is 106 Å². The molecule has 4 heteroatoms. The van der Waals surface area contributed by atoms with E-state index < -0.39 is 0 Å². The molecule has 0 spiro atoms. The summed E-state index contributed by atoms with van der Waals surface area (Å²) in [5.41, 5.74) is 3.74. The summed E-state index contributed by atoms with van der Waals surface area (Å²) in [6.07, 6.45) is 2.88. The number of carbonyl (C=O) groups is 1. The van der Waals surface area contributed by atoms with Crippen LogP contribution in [0.2, 0.25) is 0 Å². The van der Waals surface area contributed by atoms with Crippen LogP contribution in [-0.4, -0.2) is 28.5 Å². The summed E-state index contributed by atoms with van der Waals surface area (Å²) in [7, 11) is 0. The largest absolute Gasteiger partial charge is 0.337 e. The SMILES string of the molecule is Cc1ccc([C@]23C[C@H]2CN(C(=O)c2cccn(Cc4ccccc4)c2=O)C3)cc1. The fourth-order valence-corrected chi connectivity index (χ4v) is 4.74. The number of pyridine rings is 1. The molecule has 2 heterocycles. The number of rotatable bonds is 4. The fourth-order valence-electron chi connectivity index (χ4n) is 4.74. The number of fused-ring (bicyclic) bond motifs is 1. The van der Waals surface area contributed by atoms with E-state index in [9.17, 15) is 9.59 Å². The van der Waals surface area contributed by atoms with Crippen molar-refractivity contribution in [2.45, 2.75) is 25.3 Å². The minimum absolute atomic E-state index is 0.0845. The summed E-state index contributed by atoms with van der Waals surface area (Å²) in [5.74, 6) is 0.362. The molecule has 4 nitrogen and oxygen atoms in total. The molecule has 0 bridgehead atoms. The van der Waals surface area contributed by atoms with E-state index >= 15 is 0 Å². The smallest absolute Gasteiger partial charge is 0.263 e. The predicted octanol–water partition coefficient (Wildman–Crippen LogP) is 3.62. The van der Waals surface area contributed by atoms with Gasteiger partial charge in [-0.05, 0) is 42.5 Å². The van der Waals surface area contributed by atoms with Crippen LogP contribution in [0.4, 0.5) is 0 Å². The molecule has 0 N–H and O–H groups in total. The van der Waals surface area contributed by atoms with E-state index in [2.05, 4.69) is 31.2 Å². The van der Waals surface area contributed by atoms with Gasteiger partial charge in [-0.2, -0.15) is 0 Å². The number of aryl methyl sites for hydroxylation is 1. The highest BCUT2D eigenvalue weighted by Gasteiger charge is 2.61. The van der Waals surface area contributed by atoms with Crippen LogP contribution in [0.3, 0.4) is 0 Å². The number of nitrogens with zero attached hydrogens (tertiary/aromatic N) is 2. The molecule has 1 aliphatic heterocycles. The van der Waals surface area contributed by atoms with Gasteiger partial charge in [0.15, 0.2) is 0 Å². The van der Waals surface area contributed by atoms with Gasteiger partial charge in [-0.15, -0.1) is 0 Å². The number of piperidine rings is 1. The summed E-state index contributed by atoms with van der Waals surface area (Å²) in [6.45, 7) is 4.00. The quantitative estimate of drug-likeness (QED) is 0.690. The van der Waals surface area contributed by atoms with Crippen LogP contribution in [0.15, 0.2) is 77.7 Å². The zero-order valence-electron chi connectivity index (χ0n) is 16.5. The molecule has 2 aromatic carbocycles. The fraction of sp³-hybridized carbons (Fsp3) is 0.280. The van der Waals surface area contributed by atoms with Crippen molar-refractivity contribution in [3.8, 4) is 0 Å². The zero-order chi connectivity index (χ0) is 20.0. The Labute approximate surface area is 170 Å². The highest BCUT2D eigenvalue weighted by molar-refractivity contribution is 5.94. The monoisotopic (exact) mass is 384 g/mol. The summed E-state index contributed by atoms with van der Waals surface area (Å²) in [4.78, 5) is 28.0. The van der Waals surface area contributed by atoms with E-state index in [4.69, 9.17) is 0 Å². The Hall–Kier alpha value is -3.14. The molecular formula is C25H24N2O2. The van der Waals surface area contributed by atoms with Gasteiger partial charge >= 0.3 is 0 Å². The number of carbonyl (C=O) groups excluding carboxylic acids is 1. The molecule has 2 atom stereocenters. The topological polar surface area (TPSA) is 42.3 Å². The van der Waals surface area contributed by atoms with Crippen LogP contribution in [0.5, 0.6) is 0 Å². The second-order valence-electron chi connectivity index (χ2n) is 8.45. The summed E-state index contributed by atoms with van der Waals surface area (Å²) in [6, 6.07) is 22.0. The molecular weight excluding hydrogens is 360 g/mol. The lowest BCUT2D eigenvalue weighted by Gasteiger charge is -2.21. The van der Waals surface area contributed by atoms with Crippen molar-refractivity contribution in [2.24, 2.45) is 5.92 Å². The summed E-state index contributed by atoms with van der Waals surface area (Å²) >= 11 is 0. The third-order valence-corrected chi connectivity index (χ3v) is 6.51. The molecule has 1 aliphatic carbocycles. The predicted molar refractivity (Wildman–Crippen MR) is 113 cm³/mol. The first-order valence-electron chi connectivity index (χ1n) is 10.2. The van der Waals surface area contributed by atoms with Gasteiger partial charge in [-0.1, -0.05) is 60.2 Å². The molecule has 146 valence electrons. The second-order valence-corrected chi connectivity index (χ2v) is 8.45. The Bertz CT molecular complexity index is 1120. The molecule has 2 fully saturated rings. The lowest BCUT2D eigenvalue weighted by atomic mass is 9.94. The van der Waals surface area contributed by atoms with Gasteiger partial charge in [0.05, 0.1) is 6.54 Å². The van der Waals surface area contributed by atoms with Gasteiger partial charge in [0.2, 0.25) is 0 Å². The molecule has 3 aromatic rings. The second kappa shape index (κ2) is 6.73. The van der Waals surface area contributed by atoms with E-state index in [-0.39, 0.29) is 22.4 Å². The van der Waals surface area contributed by atoms with Gasteiger partial charge in [-0.25, -0.2) is 0 Å². The summed E-state index contributed by atoms with van der Waals surface area (Å²) < 4.78 is 1.62. The average molecular weight is 384 g/mol. The van der Waals surface area contributed by atoms with E-state index in [1.807, 2.05) is 35.2 Å². The molecule has 0 unspecified atom stereocenters. The van der Waals surface area contributed by atoms with Gasteiger partial charge < -0.3 is 9.47 Å². The lowest BCUT2D eigenvalue weighted by molar-refractivity contribution is 0.0770. The average Bonchev–Trinajstić information content (AvgIpc) is 3.31. The van der Waals surface area contributed by atoms with Crippen molar-refractivity contribution < 1.29 is 4.79 Å². The molecule has 5 rings (SSSR count). The lowest BCUT2D eigenvalue weighted by Crippen LogP contribution is -2.37. The van der Waals surface area contributed by atoms with Crippen LogP contribution in [-0.2, 0) is 12.0 Å². The first-order chi connectivity index (χ1) is 14.1. The van der Waals surface area contributed by atoms with Gasteiger partial charge in [-0.3, -0.25) is 9.59 Å². The van der Waals surface area contributed by atoms with Crippen molar-refractivity contribution in [3.63, 3.8) is 0 Å². The maximum atomic E-state index is 13.2. The number of aromatic nitrogens is 1. The summed E-state index contributed by atoms with van der Waals surface area (Å²) in [5, 5.41) is 0. The van der Waals surface area contributed by atoms with Crippen molar-refractivity contribution >= 4 is 5.91 Å². The van der Waals surface area contributed by atoms with Crippen LogP contribution >= 0.6 is 0 Å². The van der Waals surface area contributed by atoms with E-state index in [1.165, 1.54) is 11.1 Å². The number of benzene rings is 2. The first-order valence-corrected chi connectivity index (χ1v) is 10.2. The Balaban J connectivity index is 1.37. The van der Waals surface area contributed by atoms with E-state index in [0.29, 0.717) is 19.0 Å². The molecule has 0 radical (unpaired) electrons. The van der Waals surface area contributed by atoms with Crippen LogP contribution in [0.1, 0.15) is 33.5 Å². The normalized spacial score (nSPS) is 22.4. The van der Waals surface area contributed by atoms with Crippen molar-refractivity contribution in [1.29, 1.82) is 0 Å². The van der Waals surface area contributed by atoms with E-state index in [1.54, 1.807) is 22.9 Å². The number of hydrogen-bond acceptors (Lipinski definition) is 2. The van der Waals surface area contributed by atoms with Crippen molar-refractivity contribution in [2.75, 3.05) is 13.1 Å². The Morgan fingerprint density at radius 3 is 2.55 bits per heavy atom. The molecule has 2 aliphatic rings. The Kier molecular flexibility index (Phi) is 4.16. The van der Waals surface area contributed by atoms with Crippen molar-refractivity contribution in [1.82, 2.24) is 9.47 Å². The molecule has 1 saturated heterocycles. The molecule has 29 heavy (non-hydrogen) atoms.